The maximum atomic E-state index is 12.7. The molecule has 0 saturated heterocycles. The summed E-state index contributed by atoms with van der Waals surface area (Å²) in [6.45, 7) is 3.66. The van der Waals surface area contributed by atoms with Crippen molar-refractivity contribution in [1.82, 2.24) is 15.3 Å². The average molecular weight is 588 g/mol. The van der Waals surface area contributed by atoms with E-state index in [1.54, 1.807) is 50.8 Å². The van der Waals surface area contributed by atoms with Crippen LogP contribution in [0.3, 0.4) is 0 Å². The van der Waals surface area contributed by atoms with Crippen LogP contribution in [0.4, 0.5) is 9.59 Å². The van der Waals surface area contributed by atoms with Crippen molar-refractivity contribution in [2.24, 2.45) is 0 Å². The summed E-state index contributed by atoms with van der Waals surface area (Å²) in [6, 6.07) is 13.6. The van der Waals surface area contributed by atoms with E-state index >= 15 is 0 Å². The average Bonchev–Trinajstić information content (AvgIpc) is 3.01. The summed E-state index contributed by atoms with van der Waals surface area (Å²) in [5.74, 6) is -1.67. The van der Waals surface area contributed by atoms with Gasteiger partial charge in [0, 0.05) is 24.8 Å². The number of carboxylic acids is 1. The Bertz CT molecular complexity index is 1390. The van der Waals surface area contributed by atoms with Gasteiger partial charge in [-0.25, -0.2) is 14.4 Å². The summed E-state index contributed by atoms with van der Waals surface area (Å²) in [6.07, 6.45) is 7.52. The largest absolute Gasteiger partial charge is 0.513 e. The summed E-state index contributed by atoms with van der Waals surface area (Å²) in [4.78, 5) is 45.1. The highest BCUT2D eigenvalue weighted by molar-refractivity contribution is 5.87. The topological polar surface area (TPSA) is 146 Å². The lowest BCUT2D eigenvalue weighted by atomic mass is 9.90. The van der Waals surface area contributed by atoms with E-state index in [1.165, 1.54) is 12.1 Å². The molecular weight excluding hydrogens is 554 g/mol. The maximum Gasteiger partial charge on any atom is 0.513 e. The van der Waals surface area contributed by atoms with Gasteiger partial charge in [-0.3, -0.25) is 9.97 Å². The molecule has 0 unspecified atom stereocenters. The number of nitrogens with zero attached hydrogens (tertiary/aromatic N) is 2. The van der Waals surface area contributed by atoms with Crippen LogP contribution < -0.4 is 5.32 Å². The molecule has 3 aromatic rings. The zero-order valence-corrected chi connectivity index (χ0v) is 23.9. The number of rotatable bonds is 12. The van der Waals surface area contributed by atoms with Gasteiger partial charge in [-0.15, -0.1) is 0 Å². The Morgan fingerprint density at radius 1 is 0.767 bits per heavy atom. The Balaban J connectivity index is 1.44. The zero-order valence-electron chi connectivity index (χ0n) is 23.9. The number of dihydropyridines is 1. The molecule has 224 valence electrons. The third-order valence-corrected chi connectivity index (χ3v) is 6.62. The number of nitrogens with one attached hydrogen (secondary N) is 1. The van der Waals surface area contributed by atoms with Crippen LogP contribution in [-0.4, -0.2) is 46.6 Å². The number of allylic oxidation sites excluding steroid dienone is 2. The van der Waals surface area contributed by atoms with Gasteiger partial charge in [-0.2, -0.15) is 0 Å². The third kappa shape index (κ3) is 8.90. The van der Waals surface area contributed by atoms with E-state index in [4.69, 9.17) is 18.9 Å². The molecule has 0 radical (unpaired) electrons. The smallest absolute Gasteiger partial charge is 0.478 e. The van der Waals surface area contributed by atoms with Gasteiger partial charge in [0.1, 0.15) is 17.4 Å². The Hall–Kier alpha value is -5.19. The van der Waals surface area contributed by atoms with Crippen LogP contribution in [0.15, 0.2) is 96.2 Å². The fourth-order valence-electron chi connectivity index (χ4n) is 4.54. The first-order chi connectivity index (χ1) is 20.8. The van der Waals surface area contributed by atoms with Gasteiger partial charge in [-0.05, 0) is 80.5 Å². The second-order valence-corrected chi connectivity index (χ2v) is 9.79. The van der Waals surface area contributed by atoms with Crippen molar-refractivity contribution in [3.05, 3.63) is 118 Å². The minimum atomic E-state index is -1.09. The van der Waals surface area contributed by atoms with Crippen molar-refractivity contribution in [2.45, 2.75) is 45.4 Å². The minimum Gasteiger partial charge on any atom is -0.478 e. The molecule has 2 aromatic heterocycles. The molecule has 1 aliphatic heterocycles. The molecule has 1 aliphatic rings. The number of carbonyl (C=O) groups is 3. The Morgan fingerprint density at radius 2 is 1.26 bits per heavy atom. The molecule has 2 N–H and O–H groups in total. The summed E-state index contributed by atoms with van der Waals surface area (Å²) in [7, 11) is 0. The molecule has 0 aliphatic carbocycles. The molecular formula is C32H33N3O8. The third-order valence-electron chi connectivity index (χ3n) is 6.62. The predicted molar refractivity (Wildman–Crippen MR) is 155 cm³/mol. The number of hydrogen-bond donors (Lipinski definition) is 2. The molecule has 11 heteroatoms. The van der Waals surface area contributed by atoms with Gasteiger partial charge in [0.05, 0.1) is 30.2 Å². The molecule has 0 spiro atoms. The van der Waals surface area contributed by atoms with Gasteiger partial charge < -0.3 is 29.4 Å². The van der Waals surface area contributed by atoms with Crippen LogP contribution in [0.2, 0.25) is 0 Å². The van der Waals surface area contributed by atoms with E-state index < -0.39 is 24.2 Å². The standard InChI is InChI=1S/C32H33N3O8/c1-21-28(42-31(38)40-17-5-9-23-7-3-15-33-19-23)27(25-11-13-26(14-12-25)30(36)37)29(22(2)35-21)43-32(39)41-18-6-10-24-8-4-16-34-20-24/h3-4,7-8,11-16,19-20,27,35H,5-6,9-10,17-18H2,1-2H3,(H,36,37). The first-order valence-electron chi connectivity index (χ1n) is 13.8. The van der Waals surface area contributed by atoms with Gasteiger partial charge in [-0.1, -0.05) is 24.3 Å². The van der Waals surface area contributed by atoms with Crippen molar-refractivity contribution in [3.63, 3.8) is 0 Å². The first-order valence-corrected chi connectivity index (χ1v) is 13.8. The van der Waals surface area contributed by atoms with E-state index in [0.717, 1.165) is 11.1 Å². The Morgan fingerprint density at radius 3 is 1.67 bits per heavy atom. The highest BCUT2D eigenvalue weighted by Gasteiger charge is 2.35. The first kappa shape index (κ1) is 30.8. The molecule has 43 heavy (non-hydrogen) atoms. The number of aryl methyl sites for hydroxylation is 2. The number of benzene rings is 1. The van der Waals surface area contributed by atoms with Gasteiger partial charge in [0.25, 0.3) is 0 Å². The summed E-state index contributed by atoms with van der Waals surface area (Å²) in [5.41, 5.74) is 3.63. The highest BCUT2D eigenvalue weighted by Crippen LogP contribution is 2.39. The molecule has 4 rings (SSSR count). The van der Waals surface area contributed by atoms with E-state index in [-0.39, 0.29) is 30.3 Å². The van der Waals surface area contributed by atoms with E-state index in [1.807, 2.05) is 24.3 Å². The van der Waals surface area contributed by atoms with E-state index in [2.05, 4.69) is 15.3 Å². The van der Waals surface area contributed by atoms with E-state index in [0.29, 0.717) is 42.6 Å². The highest BCUT2D eigenvalue weighted by atomic mass is 16.7. The zero-order chi connectivity index (χ0) is 30.6. The number of aromatic nitrogens is 2. The summed E-state index contributed by atoms with van der Waals surface area (Å²) in [5, 5.41) is 12.4. The van der Waals surface area contributed by atoms with Gasteiger partial charge >= 0.3 is 18.3 Å². The maximum absolute atomic E-state index is 12.7. The Kier molecular flexibility index (Phi) is 10.8. The van der Waals surface area contributed by atoms with Crippen LogP contribution in [0.5, 0.6) is 0 Å². The number of carboxylic acid groups (broad SMARTS) is 1. The lowest BCUT2D eigenvalue weighted by Crippen LogP contribution is -2.29. The number of aromatic carboxylic acids is 1. The van der Waals surface area contributed by atoms with Crippen molar-refractivity contribution in [2.75, 3.05) is 13.2 Å². The van der Waals surface area contributed by atoms with Crippen LogP contribution >= 0.6 is 0 Å². The van der Waals surface area contributed by atoms with Crippen LogP contribution in [0.25, 0.3) is 0 Å². The number of ether oxygens (including phenoxy) is 4. The minimum absolute atomic E-state index is 0.0741. The van der Waals surface area contributed by atoms with Crippen LogP contribution in [-0.2, 0) is 31.8 Å². The van der Waals surface area contributed by atoms with Crippen molar-refractivity contribution in [1.29, 1.82) is 0 Å². The molecule has 11 nitrogen and oxygen atoms in total. The molecule has 0 saturated carbocycles. The SMILES string of the molecule is CC1=C(OC(=O)OCCCc2cccnc2)C(c2ccc(C(=O)O)cc2)C(OC(=O)OCCCc2cccnc2)=C(C)N1. The lowest BCUT2D eigenvalue weighted by molar-refractivity contribution is 0.0600. The van der Waals surface area contributed by atoms with Crippen LogP contribution in [0.1, 0.15) is 59.7 Å². The summed E-state index contributed by atoms with van der Waals surface area (Å²) < 4.78 is 22.0. The van der Waals surface area contributed by atoms with E-state index in [9.17, 15) is 19.5 Å². The lowest BCUT2D eigenvalue weighted by Gasteiger charge is -2.30. The number of pyridine rings is 2. The molecule has 1 aromatic carbocycles. The second-order valence-electron chi connectivity index (χ2n) is 9.79. The van der Waals surface area contributed by atoms with Crippen molar-refractivity contribution in [3.8, 4) is 0 Å². The molecule has 0 amide bonds. The monoisotopic (exact) mass is 587 g/mol. The Labute approximate surface area is 249 Å². The fourth-order valence-corrected chi connectivity index (χ4v) is 4.54. The van der Waals surface area contributed by atoms with Gasteiger partial charge in [0.2, 0.25) is 0 Å². The number of carbonyl (C=O) groups excluding carboxylic acids is 2. The quantitative estimate of drug-likeness (QED) is 0.193. The second kappa shape index (κ2) is 15.2. The van der Waals surface area contributed by atoms with Gasteiger partial charge in [0.15, 0.2) is 0 Å². The van der Waals surface area contributed by atoms with Crippen LogP contribution in [0, 0.1) is 0 Å². The molecule has 0 fully saturated rings. The number of hydrogen-bond acceptors (Lipinski definition) is 10. The molecule has 3 heterocycles. The van der Waals surface area contributed by atoms with Crippen molar-refractivity contribution >= 4 is 18.3 Å². The molecule has 0 bridgehead atoms. The van der Waals surface area contributed by atoms with Crippen molar-refractivity contribution < 1.29 is 38.4 Å². The predicted octanol–water partition coefficient (Wildman–Crippen LogP) is 5.90. The normalized spacial score (nSPS) is 13.3. The molecule has 0 atom stereocenters. The summed E-state index contributed by atoms with van der Waals surface area (Å²) >= 11 is 0. The fraction of sp³-hybridized carbons (Fsp3) is 0.281.